The number of nitrogens with zero attached hydrogens (tertiary/aromatic N) is 2. The average molecular weight is 293 g/mol. The summed E-state index contributed by atoms with van der Waals surface area (Å²) in [6, 6.07) is 11.8. The number of amides is 1. The molecule has 112 valence electrons. The number of carbonyl (C=O) groups is 1. The van der Waals surface area contributed by atoms with E-state index >= 15 is 0 Å². The molecule has 0 aliphatic rings. The molecule has 22 heavy (non-hydrogen) atoms. The molecule has 0 atom stereocenters. The predicted octanol–water partition coefficient (Wildman–Crippen LogP) is 3.90. The summed E-state index contributed by atoms with van der Waals surface area (Å²) in [6.07, 6.45) is 4.01. The summed E-state index contributed by atoms with van der Waals surface area (Å²) in [4.78, 5) is 16.4. The zero-order chi connectivity index (χ0) is 15.7. The molecule has 3 rings (SSSR count). The van der Waals surface area contributed by atoms with Gasteiger partial charge in [0.2, 0.25) is 5.91 Å². The van der Waals surface area contributed by atoms with Gasteiger partial charge in [0, 0.05) is 29.6 Å². The number of aryl methyl sites for hydroxylation is 1. The molecule has 4 heteroatoms. The number of pyridine rings is 1. The molecule has 2 aromatic heterocycles. The fourth-order valence-electron chi connectivity index (χ4n) is 2.30. The van der Waals surface area contributed by atoms with Crippen molar-refractivity contribution < 1.29 is 4.79 Å². The monoisotopic (exact) mass is 293 g/mol. The van der Waals surface area contributed by atoms with Crippen molar-refractivity contribution >= 4 is 17.2 Å². The maximum atomic E-state index is 11.7. The Kier molecular flexibility index (Phi) is 3.67. The molecule has 1 amide bonds. The summed E-state index contributed by atoms with van der Waals surface area (Å²) < 4.78 is 2.03. The van der Waals surface area contributed by atoms with Gasteiger partial charge >= 0.3 is 0 Å². The topological polar surface area (TPSA) is 46.4 Å². The van der Waals surface area contributed by atoms with Crippen LogP contribution in [0.5, 0.6) is 0 Å². The molecule has 1 N–H and O–H groups in total. The number of anilines is 1. The van der Waals surface area contributed by atoms with E-state index in [0.717, 1.165) is 28.2 Å². The van der Waals surface area contributed by atoms with Gasteiger partial charge in [0.15, 0.2) is 0 Å². The first-order valence-electron chi connectivity index (χ1n) is 7.40. The molecule has 0 bridgehead atoms. The van der Waals surface area contributed by atoms with E-state index in [2.05, 4.69) is 23.3 Å². The van der Waals surface area contributed by atoms with Crippen molar-refractivity contribution in [3.63, 3.8) is 0 Å². The molecule has 0 unspecified atom stereocenters. The molecule has 0 spiro atoms. The summed E-state index contributed by atoms with van der Waals surface area (Å²) in [5.74, 6) is -0.00260. The lowest BCUT2D eigenvalue weighted by molar-refractivity contribution is -0.118. The number of aromatic nitrogens is 2. The minimum absolute atomic E-state index is 0.0242. The molecule has 1 aromatic carbocycles. The van der Waals surface area contributed by atoms with Gasteiger partial charge in [0.25, 0.3) is 0 Å². The number of carbonyl (C=O) groups excluding carboxylic acids is 1. The fourth-order valence-corrected chi connectivity index (χ4v) is 2.30. The van der Waals surface area contributed by atoms with Gasteiger partial charge in [-0.15, -0.1) is 0 Å². The quantitative estimate of drug-likeness (QED) is 0.796. The molecule has 4 nitrogen and oxygen atoms in total. The van der Waals surface area contributed by atoms with Crippen LogP contribution in [0, 0.1) is 12.8 Å². The highest BCUT2D eigenvalue weighted by Gasteiger charge is 2.08. The maximum absolute atomic E-state index is 11.7. The Hall–Kier alpha value is -2.62. The Morgan fingerprint density at radius 2 is 1.91 bits per heavy atom. The average Bonchev–Trinajstić information content (AvgIpc) is 2.93. The third-order valence-corrected chi connectivity index (χ3v) is 3.65. The number of rotatable bonds is 3. The predicted molar refractivity (Wildman–Crippen MR) is 88.8 cm³/mol. The molecule has 0 radical (unpaired) electrons. The molecule has 2 heterocycles. The van der Waals surface area contributed by atoms with Crippen LogP contribution in [0.4, 0.5) is 5.69 Å². The van der Waals surface area contributed by atoms with Crippen LogP contribution in [0.25, 0.3) is 16.9 Å². The van der Waals surface area contributed by atoms with Crippen molar-refractivity contribution in [1.82, 2.24) is 9.38 Å². The van der Waals surface area contributed by atoms with Gasteiger partial charge in [0.1, 0.15) is 5.65 Å². The van der Waals surface area contributed by atoms with E-state index in [9.17, 15) is 4.79 Å². The van der Waals surface area contributed by atoms with E-state index in [1.807, 2.05) is 61.0 Å². The number of benzene rings is 1. The summed E-state index contributed by atoms with van der Waals surface area (Å²) in [5, 5.41) is 2.89. The van der Waals surface area contributed by atoms with E-state index in [4.69, 9.17) is 0 Å². The molecule has 0 saturated heterocycles. The van der Waals surface area contributed by atoms with Gasteiger partial charge < -0.3 is 9.72 Å². The van der Waals surface area contributed by atoms with Gasteiger partial charge in [-0.1, -0.05) is 32.0 Å². The number of fused-ring (bicyclic) bond motifs is 1. The molecule has 3 aromatic rings. The van der Waals surface area contributed by atoms with Crippen molar-refractivity contribution in [3.05, 3.63) is 54.4 Å². The third-order valence-electron chi connectivity index (χ3n) is 3.65. The lowest BCUT2D eigenvalue weighted by atomic mass is 10.1. The normalized spacial score (nSPS) is 11.1. The lowest BCUT2D eigenvalue weighted by Crippen LogP contribution is -2.17. The van der Waals surface area contributed by atoms with E-state index in [0.29, 0.717) is 0 Å². The second-order valence-corrected chi connectivity index (χ2v) is 5.77. The van der Waals surface area contributed by atoms with Gasteiger partial charge in [0.05, 0.1) is 5.69 Å². The van der Waals surface area contributed by atoms with Crippen LogP contribution in [0.1, 0.15) is 19.4 Å². The van der Waals surface area contributed by atoms with Crippen molar-refractivity contribution in [3.8, 4) is 11.3 Å². The third kappa shape index (κ3) is 2.72. The number of hydrogen-bond donors (Lipinski definition) is 1. The van der Waals surface area contributed by atoms with Gasteiger partial charge in [-0.2, -0.15) is 0 Å². The number of hydrogen-bond acceptors (Lipinski definition) is 2. The summed E-state index contributed by atoms with van der Waals surface area (Å²) in [6.45, 7) is 5.81. The molecule has 0 fully saturated rings. The Bertz CT molecular complexity index is 816. The van der Waals surface area contributed by atoms with Crippen LogP contribution < -0.4 is 5.32 Å². The zero-order valence-corrected chi connectivity index (χ0v) is 13.0. The first-order valence-corrected chi connectivity index (χ1v) is 7.40. The van der Waals surface area contributed by atoms with Gasteiger partial charge in [-0.05, 0) is 30.7 Å². The Morgan fingerprint density at radius 3 is 2.55 bits per heavy atom. The molecule has 0 saturated carbocycles. The highest BCUT2D eigenvalue weighted by Crippen LogP contribution is 2.22. The van der Waals surface area contributed by atoms with Gasteiger partial charge in [-0.25, -0.2) is 4.98 Å². The van der Waals surface area contributed by atoms with Crippen LogP contribution in [0.15, 0.2) is 48.8 Å². The number of imidazole rings is 1. The number of nitrogens with one attached hydrogen (secondary N) is 1. The highest BCUT2D eigenvalue weighted by molar-refractivity contribution is 5.92. The van der Waals surface area contributed by atoms with Crippen molar-refractivity contribution in [1.29, 1.82) is 0 Å². The Labute approximate surface area is 129 Å². The van der Waals surface area contributed by atoms with E-state index in [1.165, 1.54) is 0 Å². The minimum Gasteiger partial charge on any atom is -0.326 e. The second-order valence-electron chi connectivity index (χ2n) is 5.77. The standard InChI is InChI=1S/C18H19N3O/c1-12(2)18(22)19-15-8-6-14(7-9-15)16-11-21-10-4-5-13(3)17(21)20-16/h4-12H,1-3H3,(H,19,22). The van der Waals surface area contributed by atoms with Crippen LogP contribution in [-0.2, 0) is 4.79 Å². The molecular weight excluding hydrogens is 274 g/mol. The summed E-state index contributed by atoms with van der Waals surface area (Å²) >= 11 is 0. The van der Waals surface area contributed by atoms with Crippen LogP contribution in [0.2, 0.25) is 0 Å². The first-order chi connectivity index (χ1) is 10.5. The van der Waals surface area contributed by atoms with Crippen LogP contribution in [-0.4, -0.2) is 15.3 Å². The van der Waals surface area contributed by atoms with Crippen molar-refractivity contribution in [2.45, 2.75) is 20.8 Å². The van der Waals surface area contributed by atoms with Crippen LogP contribution in [0.3, 0.4) is 0 Å². The molecule has 0 aliphatic heterocycles. The van der Waals surface area contributed by atoms with Crippen molar-refractivity contribution in [2.24, 2.45) is 5.92 Å². The SMILES string of the molecule is Cc1cccn2cc(-c3ccc(NC(=O)C(C)C)cc3)nc12. The largest absolute Gasteiger partial charge is 0.326 e. The lowest BCUT2D eigenvalue weighted by Gasteiger charge is -2.07. The fraction of sp³-hybridized carbons (Fsp3) is 0.222. The molecular formula is C18H19N3O. The van der Waals surface area contributed by atoms with E-state index < -0.39 is 0 Å². The molecule has 0 aliphatic carbocycles. The summed E-state index contributed by atoms with van der Waals surface area (Å²) in [7, 11) is 0. The second kappa shape index (κ2) is 5.64. The van der Waals surface area contributed by atoms with Crippen LogP contribution >= 0.6 is 0 Å². The van der Waals surface area contributed by atoms with Gasteiger partial charge in [-0.3, -0.25) is 4.79 Å². The summed E-state index contributed by atoms with van der Waals surface area (Å²) in [5.41, 5.74) is 4.88. The maximum Gasteiger partial charge on any atom is 0.226 e. The first kappa shape index (κ1) is 14.3. The highest BCUT2D eigenvalue weighted by atomic mass is 16.1. The minimum atomic E-state index is -0.0268. The Morgan fingerprint density at radius 1 is 1.18 bits per heavy atom. The zero-order valence-electron chi connectivity index (χ0n) is 13.0. The smallest absolute Gasteiger partial charge is 0.226 e. The van der Waals surface area contributed by atoms with Crippen molar-refractivity contribution in [2.75, 3.05) is 5.32 Å². The van der Waals surface area contributed by atoms with E-state index in [-0.39, 0.29) is 11.8 Å². The van der Waals surface area contributed by atoms with E-state index in [1.54, 1.807) is 0 Å². The Balaban J connectivity index is 1.88.